The van der Waals surface area contributed by atoms with E-state index in [1.165, 1.54) is 0 Å². The molecule has 21 heavy (non-hydrogen) atoms. The van der Waals surface area contributed by atoms with Crippen molar-refractivity contribution in [1.29, 1.82) is 0 Å². The molecule has 0 aromatic carbocycles. The second kappa shape index (κ2) is 7.05. The lowest BCUT2D eigenvalue weighted by Crippen LogP contribution is -2.60. The van der Waals surface area contributed by atoms with Gasteiger partial charge in [0.1, 0.15) is 6.04 Å². The number of hydrogen-bond acceptors (Lipinski definition) is 5. The van der Waals surface area contributed by atoms with Crippen LogP contribution in [0.1, 0.15) is 19.8 Å². The highest BCUT2D eigenvalue weighted by Gasteiger charge is 2.34. The number of piperazine rings is 1. The van der Waals surface area contributed by atoms with Gasteiger partial charge in [-0.15, -0.1) is 0 Å². The van der Waals surface area contributed by atoms with Gasteiger partial charge in [-0.25, -0.2) is 0 Å². The zero-order chi connectivity index (χ0) is 14.7. The quantitative estimate of drug-likeness (QED) is 0.757. The molecule has 3 heterocycles. The molecule has 0 saturated carbocycles. The van der Waals surface area contributed by atoms with E-state index in [9.17, 15) is 4.79 Å². The molecule has 120 valence electrons. The van der Waals surface area contributed by atoms with Gasteiger partial charge < -0.3 is 19.7 Å². The molecule has 3 saturated heterocycles. The Labute approximate surface area is 126 Å². The summed E-state index contributed by atoms with van der Waals surface area (Å²) in [6, 6.07) is 0.472. The molecule has 3 aliphatic heterocycles. The first kappa shape index (κ1) is 15.2. The van der Waals surface area contributed by atoms with E-state index in [1.807, 2.05) is 11.8 Å². The Morgan fingerprint density at radius 1 is 1.10 bits per heavy atom. The minimum atomic E-state index is -0.173. The highest BCUT2D eigenvalue weighted by atomic mass is 16.5. The standard InChI is InChI=1S/C15H27N3O3/c1-12-14(16-4-11-21-12)15(19)18-7-5-17(6-8-18)13-2-9-20-10-3-13/h12-14,16H,2-11H2,1H3/t12-,14+/m1/s1. The highest BCUT2D eigenvalue weighted by Crippen LogP contribution is 2.17. The van der Waals surface area contributed by atoms with E-state index in [1.54, 1.807) is 0 Å². The SMILES string of the molecule is C[C@H]1OCCN[C@@H]1C(=O)N1CCN(C2CCOCC2)CC1. The average molecular weight is 297 g/mol. The molecule has 1 N–H and O–H groups in total. The third-order valence-corrected chi connectivity index (χ3v) is 4.92. The highest BCUT2D eigenvalue weighted by molar-refractivity contribution is 5.82. The van der Waals surface area contributed by atoms with Crippen LogP contribution in [-0.4, -0.2) is 86.4 Å². The molecule has 1 amide bonds. The monoisotopic (exact) mass is 297 g/mol. The van der Waals surface area contributed by atoms with Crippen LogP contribution >= 0.6 is 0 Å². The van der Waals surface area contributed by atoms with Crippen LogP contribution < -0.4 is 5.32 Å². The van der Waals surface area contributed by atoms with Gasteiger partial charge in [0.15, 0.2) is 0 Å². The molecule has 0 unspecified atom stereocenters. The molecule has 3 fully saturated rings. The van der Waals surface area contributed by atoms with E-state index in [-0.39, 0.29) is 18.1 Å². The number of morpholine rings is 1. The number of nitrogens with one attached hydrogen (secondary N) is 1. The number of nitrogens with zero attached hydrogens (tertiary/aromatic N) is 2. The van der Waals surface area contributed by atoms with Gasteiger partial charge in [-0.3, -0.25) is 9.69 Å². The first-order valence-corrected chi connectivity index (χ1v) is 8.21. The van der Waals surface area contributed by atoms with Gasteiger partial charge in [0.05, 0.1) is 12.7 Å². The van der Waals surface area contributed by atoms with Gasteiger partial charge in [0, 0.05) is 52.0 Å². The smallest absolute Gasteiger partial charge is 0.242 e. The maximum atomic E-state index is 12.6. The Morgan fingerprint density at radius 3 is 2.48 bits per heavy atom. The van der Waals surface area contributed by atoms with Crippen molar-refractivity contribution >= 4 is 5.91 Å². The van der Waals surface area contributed by atoms with Crippen molar-refractivity contribution in [3.8, 4) is 0 Å². The summed E-state index contributed by atoms with van der Waals surface area (Å²) in [6.07, 6.45) is 2.23. The zero-order valence-corrected chi connectivity index (χ0v) is 12.9. The predicted molar refractivity (Wildman–Crippen MR) is 79.2 cm³/mol. The maximum Gasteiger partial charge on any atom is 0.242 e. The number of carbonyl (C=O) groups is 1. The second-order valence-corrected chi connectivity index (χ2v) is 6.21. The van der Waals surface area contributed by atoms with Crippen LogP contribution in [0.25, 0.3) is 0 Å². The molecule has 0 radical (unpaired) electrons. The van der Waals surface area contributed by atoms with Crippen molar-refractivity contribution in [3.63, 3.8) is 0 Å². The van der Waals surface area contributed by atoms with E-state index in [2.05, 4.69) is 10.2 Å². The summed E-state index contributed by atoms with van der Waals surface area (Å²) >= 11 is 0. The topological polar surface area (TPSA) is 54.0 Å². The first-order chi connectivity index (χ1) is 10.3. The first-order valence-electron chi connectivity index (χ1n) is 8.21. The van der Waals surface area contributed by atoms with Crippen LogP contribution in [0.15, 0.2) is 0 Å². The fourth-order valence-electron chi connectivity index (χ4n) is 3.56. The van der Waals surface area contributed by atoms with Crippen LogP contribution in [0.3, 0.4) is 0 Å². The summed E-state index contributed by atoms with van der Waals surface area (Å²) in [7, 11) is 0. The molecule has 2 atom stereocenters. The van der Waals surface area contributed by atoms with Gasteiger partial charge in [-0.2, -0.15) is 0 Å². The van der Waals surface area contributed by atoms with Crippen LogP contribution in [-0.2, 0) is 14.3 Å². The number of ether oxygens (including phenoxy) is 2. The van der Waals surface area contributed by atoms with E-state index in [0.717, 1.165) is 58.8 Å². The Bertz CT molecular complexity index is 352. The summed E-state index contributed by atoms with van der Waals surface area (Å²) in [5, 5.41) is 3.29. The van der Waals surface area contributed by atoms with Crippen molar-refractivity contribution < 1.29 is 14.3 Å². The van der Waals surface area contributed by atoms with Crippen LogP contribution in [0.2, 0.25) is 0 Å². The lowest BCUT2D eigenvalue weighted by atomic mass is 10.1. The Balaban J connectivity index is 1.49. The molecule has 3 rings (SSSR count). The number of carbonyl (C=O) groups excluding carboxylic acids is 1. The summed E-state index contributed by atoms with van der Waals surface area (Å²) < 4.78 is 11.0. The number of rotatable bonds is 2. The molecule has 0 spiro atoms. The Hall–Kier alpha value is -0.690. The molecule has 3 aliphatic rings. The zero-order valence-electron chi connectivity index (χ0n) is 12.9. The third kappa shape index (κ3) is 3.56. The summed E-state index contributed by atoms with van der Waals surface area (Å²) in [4.78, 5) is 17.1. The third-order valence-electron chi connectivity index (χ3n) is 4.92. The van der Waals surface area contributed by atoms with E-state index in [4.69, 9.17) is 9.47 Å². The van der Waals surface area contributed by atoms with Crippen LogP contribution in [0, 0.1) is 0 Å². The van der Waals surface area contributed by atoms with Crippen LogP contribution in [0.5, 0.6) is 0 Å². The fourth-order valence-corrected chi connectivity index (χ4v) is 3.56. The summed E-state index contributed by atoms with van der Waals surface area (Å²) in [5.74, 6) is 0.203. The van der Waals surface area contributed by atoms with Gasteiger partial charge in [0.2, 0.25) is 5.91 Å². The lowest BCUT2D eigenvalue weighted by molar-refractivity contribution is -0.141. The fraction of sp³-hybridized carbons (Fsp3) is 0.933. The predicted octanol–water partition coefficient (Wildman–Crippen LogP) is -0.313. The minimum absolute atomic E-state index is 0.0280. The normalized spacial score (nSPS) is 33.1. The molecule has 0 bridgehead atoms. The molecule has 6 nitrogen and oxygen atoms in total. The van der Waals surface area contributed by atoms with Crippen molar-refractivity contribution in [3.05, 3.63) is 0 Å². The number of amides is 1. The molecule has 0 aromatic heterocycles. The van der Waals surface area contributed by atoms with E-state index >= 15 is 0 Å². The molecular weight excluding hydrogens is 270 g/mol. The summed E-state index contributed by atoms with van der Waals surface area (Å²) in [5.41, 5.74) is 0. The maximum absolute atomic E-state index is 12.6. The van der Waals surface area contributed by atoms with Gasteiger partial charge in [-0.1, -0.05) is 0 Å². The van der Waals surface area contributed by atoms with E-state index < -0.39 is 0 Å². The van der Waals surface area contributed by atoms with Gasteiger partial charge >= 0.3 is 0 Å². The second-order valence-electron chi connectivity index (χ2n) is 6.21. The average Bonchev–Trinajstić information content (AvgIpc) is 2.56. The Morgan fingerprint density at radius 2 is 1.81 bits per heavy atom. The van der Waals surface area contributed by atoms with E-state index in [0.29, 0.717) is 12.6 Å². The van der Waals surface area contributed by atoms with Crippen molar-refractivity contribution in [2.24, 2.45) is 0 Å². The van der Waals surface area contributed by atoms with Gasteiger partial charge in [-0.05, 0) is 19.8 Å². The largest absolute Gasteiger partial charge is 0.381 e. The van der Waals surface area contributed by atoms with Crippen molar-refractivity contribution in [2.75, 3.05) is 52.5 Å². The summed E-state index contributed by atoms with van der Waals surface area (Å²) in [6.45, 7) is 8.84. The molecular formula is C15H27N3O3. The molecule has 6 heteroatoms. The Kier molecular flexibility index (Phi) is 5.11. The molecule has 0 aromatic rings. The lowest BCUT2D eigenvalue weighted by Gasteiger charge is -2.42. The van der Waals surface area contributed by atoms with Gasteiger partial charge in [0.25, 0.3) is 0 Å². The number of hydrogen-bond donors (Lipinski definition) is 1. The van der Waals surface area contributed by atoms with Crippen molar-refractivity contribution in [1.82, 2.24) is 15.1 Å². The minimum Gasteiger partial charge on any atom is -0.381 e. The van der Waals surface area contributed by atoms with Crippen LogP contribution in [0.4, 0.5) is 0 Å². The molecule has 0 aliphatic carbocycles. The van der Waals surface area contributed by atoms with Crippen molar-refractivity contribution in [2.45, 2.75) is 38.0 Å².